The molecule has 0 saturated heterocycles. The molecule has 0 radical (unpaired) electrons. The van der Waals surface area contributed by atoms with Gasteiger partial charge in [0, 0.05) is 0 Å². The molecule has 0 aromatic rings. The lowest BCUT2D eigenvalue weighted by Gasteiger charge is -2.45. The molecule has 1 heteroatoms. The van der Waals surface area contributed by atoms with Crippen molar-refractivity contribution in [2.75, 3.05) is 0 Å². The van der Waals surface area contributed by atoms with Crippen molar-refractivity contribution in [2.24, 2.45) is 23.2 Å². The maximum absolute atomic E-state index is 9.85. The van der Waals surface area contributed by atoms with E-state index >= 15 is 0 Å². The molecule has 2 fully saturated rings. The van der Waals surface area contributed by atoms with E-state index in [2.05, 4.69) is 19.9 Å². The lowest BCUT2D eigenvalue weighted by Crippen LogP contribution is -2.36. The summed E-state index contributed by atoms with van der Waals surface area (Å²) in [6.07, 6.45) is 20.2. The maximum Gasteiger partial charge on any atom is 0.0689 e. The van der Waals surface area contributed by atoms with Crippen molar-refractivity contribution in [3.63, 3.8) is 0 Å². The van der Waals surface area contributed by atoms with Crippen LogP contribution in [0, 0.1) is 34.5 Å². The third-order valence-electron chi connectivity index (χ3n) is 6.86. The van der Waals surface area contributed by atoms with Crippen molar-refractivity contribution in [1.82, 2.24) is 0 Å². The molecule has 1 nitrogen and oxygen atoms in total. The first-order chi connectivity index (χ1) is 11.2. The molecular weight excluding hydrogens is 278 g/mol. The minimum Gasteiger partial charge on any atom is -0.198 e. The van der Waals surface area contributed by atoms with Gasteiger partial charge in [0.25, 0.3) is 0 Å². The Hall–Kier alpha value is -0.510. The molecule has 0 aliphatic heterocycles. The minimum atomic E-state index is 0.0453. The molecule has 0 aromatic carbocycles. The Bertz CT molecular complexity index is 369. The zero-order valence-corrected chi connectivity index (χ0v) is 15.8. The quantitative estimate of drug-likeness (QED) is 0.410. The first kappa shape index (κ1) is 18.8. The lowest BCUT2D eigenvalue weighted by molar-refractivity contribution is 0.0616. The van der Waals surface area contributed by atoms with E-state index in [4.69, 9.17) is 0 Å². The standard InChI is InChI=1S/C22H39N/c1-3-5-7-8-9-14-22(18-23)15-13-20-16-19(10-6-4-2)11-12-21(20)17-22/h19-21H,3-17H2,1-2H3/t19-,20+,21?,22-/m0/s1. The second-order valence-corrected chi connectivity index (χ2v) is 8.64. The van der Waals surface area contributed by atoms with Crippen LogP contribution in [0.1, 0.15) is 110 Å². The molecule has 0 bridgehead atoms. The van der Waals surface area contributed by atoms with Gasteiger partial charge in [0.05, 0.1) is 11.5 Å². The molecule has 0 heterocycles. The Morgan fingerprint density at radius 2 is 1.70 bits per heavy atom. The first-order valence-electron chi connectivity index (χ1n) is 10.6. The van der Waals surface area contributed by atoms with E-state index in [0.717, 1.165) is 17.8 Å². The third kappa shape index (κ3) is 5.51. The van der Waals surface area contributed by atoms with Crippen LogP contribution in [0.15, 0.2) is 0 Å². The summed E-state index contributed by atoms with van der Waals surface area (Å²) in [5.74, 6) is 2.82. The summed E-state index contributed by atoms with van der Waals surface area (Å²) < 4.78 is 0. The molecule has 2 aliphatic rings. The van der Waals surface area contributed by atoms with Crippen LogP contribution in [0.25, 0.3) is 0 Å². The highest BCUT2D eigenvalue weighted by molar-refractivity contribution is 5.04. The van der Waals surface area contributed by atoms with Crippen molar-refractivity contribution >= 4 is 0 Å². The number of nitriles is 1. The fourth-order valence-corrected chi connectivity index (χ4v) is 5.32. The molecular formula is C22H39N. The molecule has 0 N–H and O–H groups in total. The van der Waals surface area contributed by atoms with Crippen molar-refractivity contribution in [3.05, 3.63) is 0 Å². The molecule has 0 aromatic heterocycles. The monoisotopic (exact) mass is 317 g/mol. The van der Waals surface area contributed by atoms with E-state index in [1.165, 1.54) is 96.3 Å². The Morgan fingerprint density at radius 3 is 2.43 bits per heavy atom. The summed E-state index contributed by atoms with van der Waals surface area (Å²) in [4.78, 5) is 0. The molecule has 2 rings (SSSR count). The van der Waals surface area contributed by atoms with Gasteiger partial charge in [-0.3, -0.25) is 0 Å². The molecule has 4 atom stereocenters. The maximum atomic E-state index is 9.85. The van der Waals surface area contributed by atoms with Gasteiger partial charge in [0.1, 0.15) is 0 Å². The van der Waals surface area contributed by atoms with Crippen LogP contribution in [0.3, 0.4) is 0 Å². The van der Waals surface area contributed by atoms with Gasteiger partial charge in [0.15, 0.2) is 0 Å². The van der Waals surface area contributed by atoms with Crippen LogP contribution < -0.4 is 0 Å². The van der Waals surface area contributed by atoms with E-state index < -0.39 is 0 Å². The van der Waals surface area contributed by atoms with Crippen LogP contribution in [0.4, 0.5) is 0 Å². The van der Waals surface area contributed by atoms with Gasteiger partial charge in [0.2, 0.25) is 0 Å². The van der Waals surface area contributed by atoms with E-state index in [-0.39, 0.29) is 5.41 Å². The van der Waals surface area contributed by atoms with Gasteiger partial charge in [-0.05, 0) is 56.3 Å². The van der Waals surface area contributed by atoms with Crippen LogP contribution in [0.2, 0.25) is 0 Å². The van der Waals surface area contributed by atoms with Crippen molar-refractivity contribution in [3.8, 4) is 6.07 Å². The van der Waals surface area contributed by atoms with Crippen molar-refractivity contribution in [1.29, 1.82) is 5.26 Å². The Balaban J connectivity index is 1.78. The number of hydrogen-bond acceptors (Lipinski definition) is 1. The Morgan fingerprint density at radius 1 is 0.913 bits per heavy atom. The topological polar surface area (TPSA) is 23.8 Å². The Kier molecular flexibility index (Phi) is 7.94. The molecule has 0 amide bonds. The normalized spacial score (nSPS) is 33.9. The molecule has 2 aliphatic carbocycles. The van der Waals surface area contributed by atoms with Gasteiger partial charge in [-0.1, -0.05) is 71.6 Å². The Labute approximate surface area is 145 Å². The fourth-order valence-electron chi connectivity index (χ4n) is 5.32. The van der Waals surface area contributed by atoms with Gasteiger partial charge in [-0.25, -0.2) is 0 Å². The van der Waals surface area contributed by atoms with Crippen LogP contribution in [-0.2, 0) is 0 Å². The summed E-state index contributed by atoms with van der Waals surface area (Å²) in [6, 6.07) is 2.79. The van der Waals surface area contributed by atoms with E-state index in [1.807, 2.05) is 0 Å². The van der Waals surface area contributed by atoms with E-state index in [9.17, 15) is 5.26 Å². The predicted molar refractivity (Wildman–Crippen MR) is 99.1 cm³/mol. The van der Waals surface area contributed by atoms with Crippen molar-refractivity contribution in [2.45, 2.75) is 110 Å². The van der Waals surface area contributed by atoms with E-state index in [0.29, 0.717) is 0 Å². The minimum absolute atomic E-state index is 0.0453. The molecule has 0 spiro atoms. The van der Waals surface area contributed by atoms with Crippen LogP contribution in [0.5, 0.6) is 0 Å². The SMILES string of the molecule is CCCCCCC[C@]1(C#N)CC[C@@H]2C[C@@H](CCCC)CCC2C1. The summed E-state index contributed by atoms with van der Waals surface area (Å²) >= 11 is 0. The highest BCUT2D eigenvalue weighted by Gasteiger charge is 2.42. The molecule has 23 heavy (non-hydrogen) atoms. The molecule has 132 valence electrons. The first-order valence-corrected chi connectivity index (χ1v) is 10.6. The van der Waals surface area contributed by atoms with Gasteiger partial charge < -0.3 is 0 Å². The smallest absolute Gasteiger partial charge is 0.0689 e. The van der Waals surface area contributed by atoms with Gasteiger partial charge in [-0.2, -0.15) is 5.26 Å². The average molecular weight is 318 g/mol. The summed E-state index contributed by atoms with van der Waals surface area (Å²) in [5.41, 5.74) is 0.0453. The van der Waals surface area contributed by atoms with E-state index in [1.54, 1.807) is 0 Å². The number of fused-ring (bicyclic) bond motifs is 1. The number of nitrogens with zero attached hydrogens (tertiary/aromatic N) is 1. The van der Waals surface area contributed by atoms with Gasteiger partial charge >= 0.3 is 0 Å². The van der Waals surface area contributed by atoms with Gasteiger partial charge in [-0.15, -0.1) is 0 Å². The third-order valence-corrected chi connectivity index (χ3v) is 6.86. The number of unbranched alkanes of at least 4 members (excludes halogenated alkanes) is 5. The molecule has 1 unspecified atom stereocenters. The zero-order valence-electron chi connectivity index (χ0n) is 15.8. The number of rotatable bonds is 9. The lowest BCUT2D eigenvalue weighted by atomic mass is 9.58. The molecule has 2 saturated carbocycles. The van der Waals surface area contributed by atoms with Crippen LogP contribution >= 0.6 is 0 Å². The second-order valence-electron chi connectivity index (χ2n) is 8.64. The second kappa shape index (κ2) is 9.71. The predicted octanol–water partition coefficient (Wildman–Crippen LogP) is 7.26. The zero-order chi connectivity index (χ0) is 16.5. The van der Waals surface area contributed by atoms with Crippen molar-refractivity contribution < 1.29 is 0 Å². The largest absolute Gasteiger partial charge is 0.198 e. The summed E-state index contributed by atoms with van der Waals surface area (Å²) in [6.45, 7) is 4.59. The fraction of sp³-hybridized carbons (Fsp3) is 0.955. The summed E-state index contributed by atoms with van der Waals surface area (Å²) in [5, 5.41) is 9.85. The number of hydrogen-bond donors (Lipinski definition) is 0. The summed E-state index contributed by atoms with van der Waals surface area (Å²) in [7, 11) is 0. The average Bonchev–Trinajstić information content (AvgIpc) is 2.59. The highest BCUT2D eigenvalue weighted by atomic mass is 14.5. The van der Waals surface area contributed by atoms with Crippen LogP contribution in [-0.4, -0.2) is 0 Å². The highest BCUT2D eigenvalue weighted by Crippen LogP contribution is 2.51.